The summed E-state index contributed by atoms with van der Waals surface area (Å²) < 4.78 is 0. The number of nitrogens with zero attached hydrogens (tertiary/aromatic N) is 2. The molecule has 0 spiro atoms. The van der Waals surface area contributed by atoms with E-state index in [4.69, 9.17) is 11.6 Å². The van der Waals surface area contributed by atoms with Crippen LogP contribution in [0.3, 0.4) is 0 Å². The van der Waals surface area contributed by atoms with Crippen LogP contribution in [0.15, 0.2) is 42.5 Å². The zero-order valence-electron chi connectivity index (χ0n) is 14.1. The van der Waals surface area contributed by atoms with Crippen LogP contribution in [0.4, 0.5) is 5.69 Å². The van der Waals surface area contributed by atoms with E-state index in [1.165, 1.54) is 12.1 Å². The molecule has 1 N–H and O–H groups in total. The summed E-state index contributed by atoms with van der Waals surface area (Å²) in [5.41, 5.74) is -0.0205. The van der Waals surface area contributed by atoms with Gasteiger partial charge in [0.2, 0.25) is 5.91 Å². The lowest BCUT2D eigenvalue weighted by Crippen LogP contribution is -2.41. The molecule has 1 atom stereocenters. The van der Waals surface area contributed by atoms with Gasteiger partial charge in [-0.3, -0.25) is 29.4 Å². The third kappa shape index (κ3) is 3.52. The number of rotatable bonds is 5. The molecule has 138 valence electrons. The van der Waals surface area contributed by atoms with Gasteiger partial charge in [-0.05, 0) is 30.7 Å². The van der Waals surface area contributed by atoms with Gasteiger partial charge in [-0.1, -0.05) is 29.8 Å². The molecule has 0 radical (unpaired) electrons. The van der Waals surface area contributed by atoms with Gasteiger partial charge in [-0.25, -0.2) is 0 Å². The minimum atomic E-state index is -0.850. The third-order valence-corrected chi connectivity index (χ3v) is 4.47. The highest BCUT2D eigenvalue weighted by atomic mass is 35.5. The van der Waals surface area contributed by atoms with E-state index >= 15 is 0 Å². The lowest BCUT2D eigenvalue weighted by Gasteiger charge is -2.17. The molecule has 0 saturated carbocycles. The van der Waals surface area contributed by atoms with Gasteiger partial charge in [0.05, 0.1) is 16.5 Å². The number of benzene rings is 2. The Labute approximate surface area is 158 Å². The van der Waals surface area contributed by atoms with Crippen molar-refractivity contribution in [1.82, 2.24) is 10.2 Å². The zero-order chi connectivity index (χ0) is 19.7. The van der Waals surface area contributed by atoms with Crippen molar-refractivity contribution in [2.45, 2.75) is 13.0 Å². The predicted molar refractivity (Wildman–Crippen MR) is 96.5 cm³/mol. The summed E-state index contributed by atoms with van der Waals surface area (Å²) >= 11 is 5.83. The molecule has 3 rings (SSSR count). The average molecular weight is 388 g/mol. The monoisotopic (exact) mass is 387 g/mol. The predicted octanol–water partition coefficient (Wildman–Crippen LogP) is 2.72. The van der Waals surface area contributed by atoms with Crippen molar-refractivity contribution >= 4 is 35.0 Å². The Kier molecular flexibility index (Phi) is 4.91. The van der Waals surface area contributed by atoms with Crippen LogP contribution >= 0.6 is 11.6 Å². The van der Waals surface area contributed by atoms with Crippen molar-refractivity contribution in [3.8, 4) is 0 Å². The number of halogens is 1. The maximum absolute atomic E-state index is 12.5. The number of hydrogen-bond acceptors (Lipinski definition) is 5. The Balaban J connectivity index is 1.74. The number of nitrogens with one attached hydrogen (secondary N) is 1. The number of amides is 3. The maximum Gasteiger partial charge on any atom is 0.282 e. The fraction of sp³-hybridized carbons (Fsp3) is 0.167. The second kappa shape index (κ2) is 7.16. The normalized spacial score (nSPS) is 14.1. The summed E-state index contributed by atoms with van der Waals surface area (Å²) in [6.07, 6.45) is 0. The largest absolute Gasteiger partial charge is 0.348 e. The molecule has 0 bridgehead atoms. The Morgan fingerprint density at radius 3 is 2.48 bits per heavy atom. The molecule has 0 saturated heterocycles. The SMILES string of the molecule is CC(NC(=O)CN1C(=O)c2cccc([N+](=O)[O-])c2C1=O)c1ccc(Cl)cc1. The summed E-state index contributed by atoms with van der Waals surface area (Å²) in [7, 11) is 0. The van der Waals surface area contributed by atoms with E-state index in [0.717, 1.165) is 11.6 Å². The number of carbonyl (C=O) groups excluding carboxylic acids is 3. The summed E-state index contributed by atoms with van der Waals surface area (Å²) in [4.78, 5) is 48.2. The van der Waals surface area contributed by atoms with Crippen LogP contribution in [0, 0.1) is 10.1 Å². The number of hydrogen-bond donors (Lipinski definition) is 1. The van der Waals surface area contributed by atoms with Crippen molar-refractivity contribution in [3.05, 3.63) is 74.3 Å². The molecule has 0 aliphatic carbocycles. The van der Waals surface area contributed by atoms with Crippen LogP contribution in [0.25, 0.3) is 0 Å². The van der Waals surface area contributed by atoms with Gasteiger partial charge in [-0.2, -0.15) is 0 Å². The fourth-order valence-corrected chi connectivity index (χ4v) is 3.00. The van der Waals surface area contributed by atoms with Gasteiger partial charge >= 0.3 is 0 Å². The van der Waals surface area contributed by atoms with Crippen molar-refractivity contribution in [2.24, 2.45) is 0 Å². The third-order valence-electron chi connectivity index (χ3n) is 4.22. The molecule has 0 aromatic heterocycles. The molecule has 8 nitrogen and oxygen atoms in total. The van der Waals surface area contributed by atoms with Crippen LogP contribution in [-0.4, -0.2) is 34.1 Å². The van der Waals surface area contributed by atoms with Gasteiger partial charge in [0, 0.05) is 11.1 Å². The molecule has 3 amide bonds. The van der Waals surface area contributed by atoms with E-state index in [2.05, 4.69) is 5.32 Å². The van der Waals surface area contributed by atoms with E-state index in [1.54, 1.807) is 31.2 Å². The average Bonchev–Trinajstić information content (AvgIpc) is 2.87. The highest BCUT2D eigenvalue weighted by Crippen LogP contribution is 2.30. The van der Waals surface area contributed by atoms with E-state index in [9.17, 15) is 24.5 Å². The van der Waals surface area contributed by atoms with Crippen LogP contribution in [-0.2, 0) is 4.79 Å². The molecule has 1 unspecified atom stereocenters. The zero-order valence-corrected chi connectivity index (χ0v) is 14.9. The van der Waals surface area contributed by atoms with Crippen molar-refractivity contribution in [1.29, 1.82) is 0 Å². The molecule has 1 aliphatic heterocycles. The first-order valence-corrected chi connectivity index (χ1v) is 8.36. The van der Waals surface area contributed by atoms with Crippen LogP contribution in [0.2, 0.25) is 5.02 Å². The van der Waals surface area contributed by atoms with Gasteiger partial charge in [-0.15, -0.1) is 0 Å². The Bertz CT molecular complexity index is 958. The first-order valence-electron chi connectivity index (χ1n) is 7.98. The Hall–Kier alpha value is -3.26. The Morgan fingerprint density at radius 1 is 1.19 bits per heavy atom. The molecule has 1 aliphatic rings. The minimum absolute atomic E-state index is 0.0762. The summed E-state index contributed by atoms with van der Waals surface area (Å²) in [6, 6.07) is 10.3. The summed E-state index contributed by atoms with van der Waals surface area (Å²) in [5, 5.41) is 14.3. The van der Waals surface area contributed by atoms with Gasteiger partial charge < -0.3 is 5.32 Å². The lowest BCUT2D eigenvalue weighted by atomic mass is 10.1. The first-order chi connectivity index (χ1) is 12.8. The number of nitro groups is 1. The second-order valence-corrected chi connectivity index (χ2v) is 6.43. The molecule has 2 aromatic carbocycles. The van der Waals surface area contributed by atoms with E-state index in [0.29, 0.717) is 9.92 Å². The first kappa shape index (κ1) is 18.5. The second-order valence-electron chi connectivity index (χ2n) is 5.99. The van der Waals surface area contributed by atoms with Gasteiger partial charge in [0.1, 0.15) is 12.1 Å². The molecule has 2 aromatic rings. The van der Waals surface area contributed by atoms with Crippen LogP contribution in [0.5, 0.6) is 0 Å². The van der Waals surface area contributed by atoms with Crippen molar-refractivity contribution in [3.63, 3.8) is 0 Å². The number of nitro benzene ring substituents is 1. The number of carbonyl (C=O) groups is 3. The molecule has 0 fully saturated rings. The van der Waals surface area contributed by atoms with Crippen molar-refractivity contribution in [2.75, 3.05) is 6.54 Å². The number of fused-ring (bicyclic) bond motifs is 1. The summed E-state index contributed by atoms with van der Waals surface area (Å²) in [6.45, 7) is 1.22. The molecular weight excluding hydrogens is 374 g/mol. The lowest BCUT2D eigenvalue weighted by molar-refractivity contribution is -0.385. The van der Waals surface area contributed by atoms with Crippen LogP contribution < -0.4 is 5.32 Å². The Morgan fingerprint density at radius 2 is 1.85 bits per heavy atom. The minimum Gasteiger partial charge on any atom is -0.348 e. The smallest absolute Gasteiger partial charge is 0.282 e. The molecule has 1 heterocycles. The molecule has 27 heavy (non-hydrogen) atoms. The summed E-state index contributed by atoms with van der Waals surface area (Å²) in [5.74, 6) is -2.14. The van der Waals surface area contributed by atoms with Crippen molar-refractivity contribution < 1.29 is 19.3 Å². The molecule has 9 heteroatoms. The quantitative estimate of drug-likeness (QED) is 0.482. The highest BCUT2D eigenvalue weighted by Gasteiger charge is 2.41. The van der Waals surface area contributed by atoms with E-state index in [-0.39, 0.29) is 17.2 Å². The van der Waals surface area contributed by atoms with E-state index < -0.39 is 34.9 Å². The fourth-order valence-electron chi connectivity index (χ4n) is 2.88. The highest BCUT2D eigenvalue weighted by molar-refractivity contribution is 6.30. The number of imide groups is 1. The standard InChI is InChI=1S/C18H14ClN3O5/c1-10(11-5-7-12(19)8-6-11)20-15(23)9-21-17(24)13-3-2-4-14(22(26)27)16(13)18(21)25/h2-8,10H,9H2,1H3,(H,20,23). The maximum atomic E-state index is 12.5. The topological polar surface area (TPSA) is 110 Å². The van der Waals surface area contributed by atoms with E-state index in [1.807, 2.05) is 0 Å². The molecular formula is C18H14ClN3O5. The van der Waals surface area contributed by atoms with Gasteiger partial charge in [0.25, 0.3) is 17.5 Å². The van der Waals surface area contributed by atoms with Gasteiger partial charge in [0.15, 0.2) is 0 Å². The van der Waals surface area contributed by atoms with Crippen LogP contribution in [0.1, 0.15) is 39.2 Å².